The first-order valence-corrected chi connectivity index (χ1v) is 9.65. The number of nitrogens with one attached hydrogen (secondary N) is 2. The second-order valence-corrected chi connectivity index (χ2v) is 7.41. The highest BCUT2D eigenvalue weighted by Gasteiger charge is 2.26. The first-order chi connectivity index (χ1) is 13.2. The zero-order valence-electron chi connectivity index (χ0n) is 16.4. The predicted octanol–water partition coefficient (Wildman–Crippen LogP) is 2.82. The third-order valence-electron chi connectivity index (χ3n) is 5.58. The maximum absolute atomic E-state index is 4.50. The van der Waals surface area contributed by atoms with Crippen LogP contribution < -0.4 is 5.32 Å². The summed E-state index contributed by atoms with van der Waals surface area (Å²) in [4.78, 5) is 10.3. The maximum Gasteiger partial charge on any atom is 0.193 e. The number of aromatic amines is 1. The van der Waals surface area contributed by atoms with E-state index in [1.165, 1.54) is 27.6 Å². The van der Waals surface area contributed by atoms with Crippen molar-refractivity contribution in [3.63, 3.8) is 0 Å². The Morgan fingerprint density at radius 3 is 3.07 bits per heavy atom. The normalized spacial score (nSPS) is 17.8. The van der Waals surface area contributed by atoms with Crippen molar-refractivity contribution in [3.05, 3.63) is 53.5 Å². The van der Waals surface area contributed by atoms with E-state index in [0.717, 1.165) is 38.4 Å². The van der Waals surface area contributed by atoms with Gasteiger partial charge in [-0.1, -0.05) is 18.2 Å². The Kier molecular flexibility index (Phi) is 4.88. The van der Waals surface area contributed by atoms with Crippen LogP contribution in [0.4, 0.5) is 0 Å². The highest BCUT2D eigenvalue weighted by Crippen LogP contribution is 2.26. The molecule has 1 aliphatic heterocycles. The second-order valence-electron chi connectivity index (χ2n) is 7.41. The van der Waals surface area contributed by atoms with Crippen LogP contribution in [0.3, 0.4) is 0 Å². The van der Waals surface area contributed by atoms with E-state index in [2.05, 4.69) is 62.8 Å². The minimum absolute atomic E-state index is 0.536. The molecule has 0 spiro atoms. The van der Waals surface area contributed by atoms with Crippen molar-refractivity contribution in [1.29, 1.82) is 0 Å². The van der Waals surface area contributed by atoms with E-state index >= 15 is 0 Å². The van der Waals surface area contributed by atoms with Crippen LogP contribution in [-0.4, -0.2) is 52.3 Å². The number of benzene rings is 1. The van der Waals surface area contributed by atoms with Gasteiger partial charge in [-0.15, -0.1) is 0 Å². The summed E-state index contributed by atoms with van der Waals surface area (Å²) in [5.74, 6) is 1.53. The lowest BCUT2D eigenvalue weighted by Gasteiger charge is -2.21. The van der Waals surface area contributed by atoms with Gasteiger partial charge in [-0.2, -0.15) is 5.10 Å². The van der Waals surface area contributed by atoms with Crippen molar-refractivity contribution in [2.75, 3.05) is 26.7 Å². The molecule has 6 nitrogen and oxygen atoms in total. The zero-order chi connectivity index (χ0) is 18.8. The first kappa shape index (κ1) is 17.6. The van der Waals surface area contributed by atoms with Crippen LogP contribution in [0.15, 0.2) is 41.8 Å². The largest absolute Gasteiger partial charge is 0.361 e. The van der Waals surface area contributed by atoms with Crippen LogP contribution in [0.2, 0.25) is 0 Å². The summed E-state index contributed by atoms with van der Waals surface area (Å²) >= 11 is 0. The van der Waals surface area contributed by atoms with Crippen molar-refractivity contribution in [2.45, 2.75) is 25.7 Å². The molecule has 1 atom stereocenters. The van der Waals surface area contributed by atoms with Gasteiger partial charge in [-0.25, -0.2) is 0 Å². The molecular formula is C21H28N6. The van der Waals surface area contributed by atoms with Crippen LogP contribution in [0.25, 0.3) is 10.9 Å². The number of nitrogens with zero attached hydrogens (tertiary/aromatic N) is 4. The zero-order valence-corrected chi connectivity index (χ0v) is 16.4. The highest BCUT2D eigenvalue weighted by atomic mass is 15.3. The molecule has 1 aromatic carbocycles. The summed E-state index contributed by atoms with van der Waals surface area (Å²) in [6.45, 7) is 5.06. The number of aromatic nitrogens is 3. The van der Waals surface area contributed by atoms with E-state index in [0.29, 0.717) is 5.92 Å². The third-order valence-corrected chi connectivity index (χ3v) is 5.58. The van der Waals surface area contributed by atoms with Crippen molar-refractivity contribution in [2.24, 2.45) is 12.0 Å². The minimum atomic E-state index is 0.536. The molecule has 1 aliphatic rings. The third kappa shape index (κ3) is 3.56. The van der Waals surface area contributed by atoms with E-state index in [9.17, 15) is 0 Å². The number of fused-ring (bicyclic) bond motifs is 1. The number of hydrogen-bond donors (Lipinski definition) is 2. The molecule has 3 heterocycles. The molecule has 2 N–H and O–H groups in total. The van der Waals surface area contributed by atoms with E-state index in [4.69, 9.17) is 0 Å². The molecule has 0 radical (unpaired) electrons. The molecule has 1 saturated heterocycles. The van der Waals surface area contributed by atoms with E-state index in [1.54, 1.807) is 0 Å². The predicted molar refractivity (Wildman–Crippen MR) is 110 cm³/mol. The van der Waals surface area contributed by atoms with Crippen LogP contribution >= 0.6 is 0 Å². The van der Waals surface area contributed by atoms with Crippen molar-refractivity contribution in [3.8, 4) is 0 Å². The molecule has 4 rings (SSSR count). The SMILES string of the molecule is CN=C(NCCc1c[nH]c2c(C)cccc12)N1CCC(c2cnn(C)c2)C1. The van der Waals surface area contributed by atoms with Crippen molar-refractivity contribution >= 4 is 16.9 Å². The lowest BCUT2D eigenvalue weighted by molar-refractivity contribution is 0.486. The number of likely N-dealkylation sites (tertiary alicyclic amines) is 1. The molecule has 3 aromatic rings. The number of hydrogen-bond acceptors (Lipinski definition) is 2. The smallest absolute Gasteiger partial charge is 0.193 e. The Morgan fingerprint density at radius 2 is 2.30 bits per heavy atom. The average molecular weight is 364 g/mol. The lowest BCUT2D eigenvalue weighted by atomic mass is 10.0. The molecular weight excluding hydrogens is 336 g/mol. The molecule has 0 aliphatic carbocycles. The van der Waals surface area contributed by atoms with Gasteiger partial charge in [0.1, 0.15) is 0 Å². The van der Waals surface area contributed by atoms with Gasteiger partial charge >= 0.3 is 0 Å². The Morgan fingerprint density at radius 1 is 1.41 bits per heavy atom. The van der Waals surface area contributed by atoms with E-state index < -0.39 is 0 Å². The Labute approximate surface area is 160 Å². The van der Waals surface area contributed by atoms with Gasteiger partial charge < -0.3 is 15.2 Å². The van der Waals surface area contributed by atoms with E-state index in [1.807, 2.05) is 25.0 Å². The van der Waals surface area contributed by atoms with Crippen molar-refractivity contribution < 1.29 is 0 Å². The number of H-pyrrole nitrogens is 1. The lowest BCUT2D eigenvalue weighted by Crippen LogP contribution is -2.40. The fourth-order valence-corrected chi connectivity index (χ4v) is 4.09. The summed E-state index contributed by atoms with van der Waals surface area (Å²) < 4.78 is 1.88. The summed E-state index contributed by atoms with van der Waals surface area (Å²) in [6, 6.07) is 6.47. The Hall–Kier alpha value is -2.76. The summed E-state index contributed by atoms with van der Waals surface area (Å²) in [5, 5.41) is 9.18. The minimum Gasteiger partial charge on any atom is -0.361 e. The molecule has 1 unspecified atom stereocenters. The van der Waals surface area contributed by atoms with Gasteiger partial charge in [-0.05, 0) is 36.5 Å². The summed E-state index contributed by atoms with van der Waals surface area (Å²) in [5.41, 5.74) is 5.22. The van der Waals surface area contributed by atoms with Crippen LogP contribution in [0.1, 0.15) is 29.0 Å². The fraction of sp³-hybridized carbons (Fsp3) is 0.429. The van der Waals surface area contributed by atoms with Gasteiger partial charge in [-0.3, -0.25) is 9.67 Å². The number of para-hydroxylation sites is 1. The number of rotatable bonds is 4. The number of guanidine groups is 1. The van der Waals surface area contributed by atoms with Gasteiger partial charge in [0.2, 0.25) is 0 Å². The molecule has 27 heavy (non-hydrogen) atoms. The molecule has 2 aromatic heterocycles. The fourth-order valence-electron chi connectivity index (χ4n) is 4.09. The van der Waals surface area contributed by atoms with Gasteiger partial charge in [0.25, 0.3) is 0 Å². The van der Waals surface area contributed by atoms with Crippen LogP contribution in [0.5, 0.6) is 0 Å². The second kappa shape index (κ2) is 7.47. The highest BCUT2D eigenvalue weighted by molar-refractivity contribution is 5.86. The standard InChI is InChI=1S/C21H28N6/c1-15-5-4-6-19-16(11-24-20(15)19)7-9-23-21(22-2)27-10-8-17(14-27)18-12-25-26(3)13-18/h4-6,11-13,17,24H,7-10,14H2,1-3H3,(H,22,23). The molecule has 0 bridgehead atoms. The number of aliphatic imine (C=N–C) groups is 1. The quantitative estimate of drug-likeness (QED) is 0.553. The Bertz CT molecular complexity index is 951. The summed E-state index contributed by atoms with van der Waals surface area (Å²) in [7, 11) is 3.84. The van der Waals surface area contributed by atoms with Crippen LogP contribution in [0, 0.1) is 6.92 Å². The summed E-state index contributed by atoms with van der Waals surface area (Å²) in [6.07, 6.45) is 8.37. The average Bonchev–Trinajstić information content (AvgIpc) is 3.39. The number of aryl methyl sites for hydroxylation is 2. The van der Waals surface area contributed by atoms with Gasteiger partial charge in [0.15, 0.2) is 5.96 Å². The topological polar surface area (TPSA) is 61.2 Å². The monoisotopic (exact) mass is 364 g/mol. The maximum atomic E-state index is 4.50. The van der Waals surface area contributed by atoms with Gasteiger partial charge in [0, 0.05) is 62.9 Å². The van der Waals surface area contributed by atoms with Crippen LogP contribution in [-0.2, 0) is 13.5 Å². The molecule has 0 saturated carbocycles. The Balaban J connectivity index is 1.35. The van der Waals surface area contributed by atoms with Crippen molar-refractivity contribution in [1.82, 2.24) is 25.0 Å². The molecule has 0 amide bonds. The first-order valence-electron chi connectivity index (χ1n) is 9.65. The molecule has 6 heteroatoms. The molecule has 1 fully saturated rings. The molecule has 142 valence electrons. The van der Waals surface area contributed by atoms with E-state index in [-0.39, 0.29) is 0 Å². The van der Waals surface area contributed by atoms with Gasteiger partial charge in [0.05, 0.1) is 6.20 Å².